The number of ether oxygens (including phenoxy) is 2. The third-order valence-corrected chi connectivity index (χ3v) is 14.6. The first-order chi connectivity index (χ1) is 44.1. The molecular formula is C60H96N18O15. The largest absolute Gasteiger partial charge is 0.508 e. The number of carboxylic acids is 1. The second kappa shape index (κ2) is 42.0. The minimum absolute atomic E-state index is 0.0427. The van der Waals surface area contributed by atoms with Crippen molar-refractivity contribution in [3.63, 3.8) is 0 Å². The number of phenols is 1. The highest BCUT2D eigenvalue weighted by Gasteiger charge is 2.35. The molecular weight excluding hydrogens is 1210 g/mol. The fourth-order valence-corrected chi connectivity index (χ4v) is 9.68. The van der Waals surface area contributed by atoms with Gasteiger partial charge in [0, 0.05) is 78.8 Å². The van der Waals surface area contributed by atoms with E-state index in [1.165, 1.54) is 19.1 Å². The Morgan fingerprint density at radius 3 is 1.52 bits per heavy atom. The number of carbonyl (C=O) groups is 11. The van der Waals surface area contributed by atoms with E-state index in [4.69, 9.17) is 43.2 Å². The number of nitrogens with two attached hydrogens (primary N) is 4. The van der Waals surface area contributed by atoms with Gasteiger partial charge in [-0.15, -0.1) is 0 Å². The molecule has 22 N–H and O–H groups in total. The van der Waals surface area contributed by atoms with E-state index in [1.807, 2.05) is 4.90 Å². The number of benzene rings is 2. The number of phenolic OH excluding ortho intramolecular Hbond substituents is 1. The molecule has 1 aliphatic heterocycles. The lowest BCUT2D eigenvalue weighted by Gasteiger charge is -2.34. The highest BCUT2D eigenvalue weighted by Crippen LogP contribution is 2.15. The second-order valence-electron chi connectivity index (χ2n) is 23.0. The molecule has 10 amide bonds. The Morgan fingerprint density at radius 2 is 1.00 bits per heavy atom. The van der Waals surface area contributed by atoms with Crippen LogP contribution in [0.15, 0.2) is 54.6 Å². The third kappa shape index (κ3) is 32.1. The van der Waals surface area contributed by atoms with E-state index < -0.39 is 133 Å². The van der Waals surface area contributed by atoms with Crippen molar-refractivity contribution in [2.75, 3.05) is 79.3 Å². The summed E-state index contributed by atoms with van der Waals surface area (Å²) in [4.78, 5) is 153. The fraction of sp³-hybridized carbons (Fsp3) is 0.583. The number of primary amides is 2. The van der Waals surface area contributed by atoms with Gasteiger partial charge in [-0.05, 0) is 81.0 Å². The Kier molecular flexibility index (Phi) is 35.3. The predicted molar refractivity (Wildman–Crippen MR) is 341 cm³/mol. The van der Waals surface area contributed by atoms with Crippen LogP contribution in [0.25, 0.3) is 0 Å². The van der Waals surface area contributed by atoms with Crippen LogP contribution in [0.1, 0.15) is 89.7 Å². The third-order valence-electron chi connectivity index (χ3n) is 14.6. The monoisotopic (exact) mass is 1310 g/mol. The van der Waals surface area contributed by atoms with Gasteiger partial charge < -0.3 is 101 Å². The lowest BCUT2D eigenvalue weighted by Crippen LogP contribution is -2.60. The average molecular weight is 1310 g/mol. The standard InChI is InChI=1S/C60H96N18O15/c1-36(2)31-45(75-55(88)43(19-20-50(82)83)73-57(90)46(33-39-15-17-40(79)18-16-39)70-49(81)35-78-26-24-77(25-27-78)23-10-28-93-30-29-92-4)56(89)76-47(32-38-11-6-5-7-12-38)58(91)72-41(13-8-21-67-59(63)64)53(86)69-37(3)52(85)71-42(14-9-22-68-60(65)66)54(87)74-44(51(62)84)34-48(61)80/h5-7,11-12,15-18,36-37,41-47,79H,8-10,13-14,19-35H2,1-4H3,(H2,61,80)(H2,62,84)(H,69,86)(H,70,81)(H,71,85)(H,72,91)(H,73,90)(H,74,87)(H,75,88)(H,76,89)(H,82,83)(H4,63,64,67)(H4,65,66,68)/t37-,41-,42-,43-,44-,45-,46-,47-/m0/s1. The van der Waals surface area contributed by atoms with Crippen LogP contribution in [0, 0.1) is 16.7 Å². The molecule has 0 bridgehead atoms. The van der Waals surface area contributed by atoms with Crippen LogP contribution in [-0.2, 0) is 75.1 Å². The highest BCUT2D eigenvalue weighted by atomic mass is 16.5. The minimum Gasteiger partial charge on any atom is -0.508 e. The Bertz CT molecular complexity index is 2790. The fourth-order valence-electron chi connectivity index (χ4n) is 9.68. The number of nitrogens with zero attached hydrogens (tertiary/aromatic N) is 2. The number of carboxylic acid groups (broad SMARTS) is 1. The number of nitrogens with one attached hydrogen (secondary N) is 12. The number of hydrogen-bond donors (Lipinski definition) is 18. The first kappa shape index (κ1) is 78.0. The van der Waals surface area contributed by atoms with Crippen LogP contribution in [0.5, 0.6) is 5.75 Å². The van der Waals surface area contributed by atoms with E-state index in [1.54, 1.807) is 63.4 Å². The summed E-state index contributed by atoms with van der Waals surface area (Å²) >= 11 is 0. The van der Waals surface area contributed by atoms with Gasteiger partial charge >= 0.3 is 5.97 Å². The van der Waals surface area contributed by atoms with Gasteiger partial charge in [0.05, 0.1) is 26.2 Å². The van der Waals surface area contributed by atoms with Crippen molar-refractivity contribution in [2.45, 2.75) is 140 Å². The molecule has 1 heterocycles. The summed E-state index contributed by atoms with van der Waals surface area (Å²) in [5, 5.41) is 60.7. The normalized spacial score (nSPS) is 15.0. The Hall–Kier alpha value is -9.21. The minimum atomic E-state index is -1.58. The number of carbonyl (C=O) groups excluding carboxylic acids is 10. The zero-order chi connectivity index (χ0) is 69.0. The van der Waals surface area contributed by atoms with Gasteiger partial charge in [0.1, 0.15) is 54.1 Å². The summed E-state index contributed by atoms with van der Waals surface area (Å²) in [5.41, 5.74) is 22.6. The average Bonchev–Trinajstić information content (AvgIpc) is 2.82. The van der Waals surface area contributed by atoms with Crippen LogP contribution in [-0.4, -0.2) is 225 Å². The molecule has 1 saturated heterocycles. The molecule has 0 aliphatic carbocycles. The maximum atomic E-state index is 14.6. The molecule has 0 saturated carbocycles. The lowest BCUT2D eigenvalue weighted by molar-refractivity contribution is -0.138. The summed E-state index contributed by atoms with van der Waals surface area (Å²) in [6.45, 7) is 9.78. The topological polar surface area (TPSA) is 525 Å². The molecule has 0 radical (unpaired) electrons. The van der Waals surface area contributed by atoms with Crippen LogP contribution < -0.4 is 76.1 Å². The smallest absolute Gasteiger partial charge is 0.303 e. The number of rotatable bonds is 44. The van der Waals surface area contributed by atoms with E-state index >= 15 is 0 Å². The molecule has 33 heteroatoms. The molecule has 8 atom stereocenters. The van der Waals surface area contributed by atoms with Crippen molar-refractivity contribution >= 4 is 77.0 Å². The van der Waals surface area contributed by atoms with Gasteiger partial charge in [-0.3, -0.25) is 68.5 Å². The Morgan fingerprint density at radius 1 is 0.538 bits per heavy atom. The highest BCUT2D eigenvalue weighted by molar-refractivity contribution is 5.98. The van der Waals surface area contributed by atoms with E-state index in [9.17, 15) is 63.0 Å². The number of methoxy groups -OCH3 is 1. The van der Waals surface area contributed by atoms with Crippen LogP contribution in [0.4, 0.5) is 0 Å². The quantitative estimate of drug-likeness (QED) is 0.0169. The number of hydrogen-bond acceptors (Lipinski definition) is 18. The molecule has 1 fully saturated rings. The summed E-state index contributed by atoms with van der Waals surface area (Å²) < 4.78 is 10.6. The maximum absolute atomic E-state index is 14.6. The van der Waals surface area contributed by atoms with Crippen LogP contribution >= 0.6 is 0 Å². The van der Waals surface area contributed by atoms with Gasteiger partial charge in [0.25, 0.3) is 0 Å². The van der Waals surface area contributed by atoms with Gasteiger partial charge in [-0.2, -0.15) is 0 Å². The van der Waals surface area contributed by atoms with E-state index in [0.717, 1.165) is 13.0 Å². The zero-order valence-corrected chi connectivity index (χ0v) is 53.4. The summed E-state index contributed by atoms with van der Waals surface area (Å²) in [7, 11) is 1.61. The zero-order valence-electron chi connectivity index (χ0n) is 53.4. The van der Waals surface area contributed by atoms with Crippen LogP contribution in [0.2, 0.25) is 0 Å². The van der Waals surface area contributed by atoms with Crippen molar-refractivity contribution < 1.29 is 72.4 Å². The first-order valence-corrected chi connectivity index (χ1v) is 30.8. The Labute approximate surface area is 540 Å². The van der Waals surface area contributed by atoms with Gasteiger partial charge in [0.2, 0.25) is 59.1 Å². The number of piperazine rings is 1. The molecule has 1 aliphatic rings. The molecule has 0 unspecified atom stereocenters. The summed E-state index contributed by atoms with van der Waals surface area (Å²) in [5.74, 6) is -11.3. The van der Waals surface area contributed by atoms with Crippen molar-refractivity contribution in [3.8, 4) is 5.75 Å². The molecule has 2 aromatic rings. The van der Waals surface area contributed by atoms with Crippen molar-refractivity contribution in [2.24, 2.45) is 28.9 Å². The van der Waals surface area contributed by atoms with Gasteiger partial charge in [-0.25, -0.2) is 0 Å². The van der Waals surface area contributed by atoms with Gasteiger partial charge in [0.15, 0.2) is 11.9 Å². The van der Waals surface area contributed by atoms with Gasteiger partial charge in [-0.1, -0.05) is 56.3 Å². The van der Waals surface area contributed by atoms with Crippen molar-refractivity contribution in [1.29, 1.82) is 10.8 Å². The second-order valence-corrected chi connectivity index (χ2v) is 23.0. The summed E-state index contributed by atoms with van der Waals surface area (Å²) in [6.07, 6.45) is -1.22. The molecule has 0 aromatic heterocycles. The number of aliphatic carboxylic acids is 1. The maximum Gasteiger partial charge on any atom is 0.303 e. The van der Waals surface area contributed by atoms with E-state index in [0.29, 0.717) is 57.1 Å². The van der Waals surface area contributed by atoms with Crippen LogP contribution in [0.3, 0.4) is 0 Å². The summed E-state index contributed by atoms with van der Waals surface area (Å²) in [6, 6.07) is 2.75. The molecule has 2 aromatic carbocycles. The number of aromatic hydroxyl groups is 1. The van der Waals surface area contributed by atoms with E-state index in [-0.39, 0.29) is 88.2 Å². The molecule has 0 spiro atoms. The Balaban J connectivity index is 1.89. The molecule has 3 rings (SSSR count). The molecule has 93 heavy (non-hydrogen) atoms. The van der Waals surface area contributed by atoms with E-state index in [2.05, 4.69) is 58.1 Å². The van der Waals surface area contributed by atoms with Crippen molar-refractivity contribution in [3.05, 3.63) is 65.7 Å². The SMILES string of the molecule is COCCOCCCN1CCN(CC(=O)N[C@@H](Cc2ccc(O)cc2)C(=O)N[C@@H](CCC(=O)O)C(=O)N[C@@H](CC(C)C)C(=O)N[C@@H](Cc2ccccc2)C(=O)N[C@@H](CCCNC(=N)N)C(=O)N[C@@H](C)C(=O)N[C@@H](CCCNC(=N)N)C(=O)N[C@@H](CC(N)=O)C(N)=O)CC1. The lowest BCUT2D eigenvalue weighted by atomic mass is 9.99. The first-order valence-electron chi connectivity index (χ1n) is 30.8. The molecule has 516 valence electrons. The number of amides is 10. The number of guanidine groups is 2. The molecule has 33 nitrogen and oxygen atoms in total. The van der Waals surface area contributed by atoms with Crippen molar-refractivity contribution in [1.82, 2.24) is 63.0 Å². The predicted octanol–water partition coefficient (Wildman–Crippen LogP) is -4.46.